The van der Waals surface area contributed by atoms with Gasteiger partial charge in [0.2, 0.25) is 18.2 Å². The Labute approximate surface area is 210 Å². The summed E-state index contributed by atoms with van der Waals surface area (Å²) in [4.78, 5) is 48.0. The van der Waals surface area contributed by atoms with Crippen molar-refractivity contribution in [3.8, 4) is 11.5 Å². The molecule has 0 bridgehead atoms. The summed E-state index contributed by atoms with van der Waals surface area (Å²) < 4.78 is 47.1. The van der Waals surface area contributed by atoms with Crippen molar-refractivity contribution < 1.29 is 52.0 Å². The van der Waals surface area contributed by atoms with E-state index in [1.54, 1.807) is 29.6 Å². The van der Waals surface area contributed by atoms with Crippen LogP contribution in [-0.2, 0) is 33.3 Å². The normalized spacial score (nSPS) is 23.3. The van der Waals surface area contributed by atoms with E-state index in [4.69, 9.17) is 28.4 Å². The van der Waals surface area contributed by atoms with E-state index in [2.05, 4.69) is 0 Å². The van der Waals surface area contributed by atoms with E-state index in [-0.39, 0.29) is 16.4 Å². The van der Waals surface area contributed by atoms with E-state index in [1.807, 2.05) is 0 Å². The van der Waals surface area contributed by atoms with Gasteiger partial charge in [-0.15, -0.1) is 11.3 Å². The zero-order chi connectivity index (χ0) is 26.4. The Morgan fingerprint density at radius 2 is 1.58 bits per heavy atom. The molecule has 0 amide bonds. The first-order valence-corrected chi connectivity index (χ1v) is 11.7. The van der Waals surface area contributed by atoms with Crippen LogP contribution in [0.15, 0.2) is 35.7 Å². The van der Waals surface area contributed by atoms with E-state index >= 15 is 4.39 Å². The molecule has 0 aliphatic carbocycles. The number of carbonyl (C=O) groups excluding carboxylic acids is 4. The second-order valence-corrected chi connectivity index (χ2v) is 8.64. The van der Waals surface area contributed by atoms with E-state index < -0.39 is 55.3 Å². The van der Waals surface area contributed by atoms with Crippen LogP contribution in [0.4, 0.5) is 4.39 Å². The number of hydrogen-bond donors (Lipinski definition) is 0. The zero-order valence-corrected chi connectivity index (χ0v) is 20.7. The Bertz CT molecular complexity index is 1100. The van der Waals surface area contributed by atoms with Crippen molar-refractivity contribution in [1.29, 1.82) is 0 Å². The van der Waals surface area contributed by atoms with Crippen LogP contribution in [0.2, 0.25) is 0 Å². The lowest BCUT2D eigenvalue weighted by atomic mass is 9.99. The molecule has 1 aromatic heterocycles. The molecule has 1 fully saturated rings. The first kappa shape index (κ1) is 27.1. The van der Waals surface area contributed by atoms with Crippen LogP contribution in [0.25, 0.3) is 0 Å². The van der Waals surface area contributed by atoms with Crippen molar-refractivity contribution in [2.75, 3.05) is 13.7 Å². The Balaban J connectivity index is 1.91. The van der Waals surface area contributed by atoms with E-state index in [0.29, 0.717) is 11.3 Å². The van der Waals surface area contributed by atoms with Gasteiger partial charge in [-0.2, -0.15) is 0 Å². The van der Waals surface area contributed by atoms with Crippen molar-refractivity contribution in [1.82, 2.24) is 0 Å². The van der Waals surface area contributed by atoms with Gasteiger partial charge in [-0.05, 0) is 35.7 Å². The summed E-state index contributed by atoms with van der Waals surface area (Å²) >= 11 is 1.10. The highest BCUT2D eigenvalue weighted by Crippen LogP contribution is 2.34. The van der Waals surface area contributed by atoms with Crippen molar-refractivity contribution >= 4 is 35.0 Å². The van der Waals surface area contributed by atoms with E-state index in [9.17, 15) is 19.2 Å². The molecular weight excluding hydrogens is 499 g/mol. The second kappa shape index (κ2) is 12.0. The first-order valence-electron chi connectivity index (χ1n) is 10.8. The lowest BCUT2D eigenvalue weighted by Gasteiger charge is -2.41. The second-order valence-electron chi connectivity index (χ2n) is 7.73. The Kier molecular flexibility index (Phi) is 8.99. The van der Waals surface area contributed by atoms with Crippen molar-refractivity contribution in [2.45, 2.75) is 51.5 Å². The molecule has 0 saturated carbocycles. The molecule has 0 N–H and O–H groups in total. The third-order valence-electron chi connectivity index (χ3n) is 5.06. The number of hydrogen-bond acceptors (Lipinski definition) is 11. The molecule has 5 atom stereocenters. The highest BCUT2D eigenvalue weighted by molar-refractivity contribution is 7.12. The molecule has 0 radical (unpaired) electrons. The molecule has 1 aliphatic rings. The summed E-state index contributed by atoms with van der Waals surface area (Å²) in [6.45, 7) is 2.78. The number of rotatable bonds is 9. The van der Waals surface area contributed by atoms with Gasteiger partial charge in [-0.3, -0.25) is 19.2 Å². The van der Waals surface area contributed by atoms with Crippen LogP contribution in [-0.4, -0.2) is 68.2 Å². The summed E-state index contributed by atoms with van der Waals surface area (Å²) in [5.41, 5.74) is 0.360. The number of ether oxygens (including phenoxy) is 6. The van der Waals surface area contributed by atoms with Gasteiger partial charge in [0.25, 0.3) is 0 Å². The highest BCUT2D eigenvalue weighted by atomic mass is 32.1. The molecule has 1 saturated heterocycles. The third-order valence-corrected chi connectivity index (χ3v) is 5.95. The SMILES string of the molecule is COc1ccc(C(=O)c2sccc2OC2OC(COC(C)=O)C(F)C(OC(C)=O)C2OC(C)=O)cc1. The molecule has 36 heavy (non-hydrogen) atoms. The zero-order valence-electron chi connectivity index (χ0n) is 19.9. The van der Waals surface area contributed by atoms with E-state index in [0.717, 1.165) is 32.1 Å². The number of esters is 3. The average Bonchev–Trinajstić information content (AvgIpc) is 3.29. The molecular formula is C24H25FO10S. The van der Waals surface area contributed by atoms with Crippen LogP contribution in [0, 0.1) is 0 Å². The van der Waals surface area contributed by atoms with Gasteiger partial charge in [0, 0.05) is 26.3 Å². The molecule has 2 heterocycles. The minimum absolute atomic E-state index is 0.0769. The maximum atomic E-state index is 15.3. The standard InChI is InChI=1S/C24H25FO10S/c1-12(26)31-11-18-19(25)21(32-13(2)27)22(33-14(3)28)24(35-18)34-17-9-10-36-23(17)20(29)15-5-7-16(30-4)8-6-15/h5-10,18-19,21-22,24H,11H2,1-4H3. The fourth-order valence-electron chi connectivity index (χ4n) is 3.49. The van der Waals surface area contributed by atoms with Crippen LogP contribution in [0.3, 0.4) is 0 Å². The average molecular weight is 525 g/mol. The van der Waals surface area contributed by atoms with Gasteiger partial charge in [-0.1, -0.05) is 0 Å². The number of alkyl halides is 1. The lowest BCUT2D eigenvalue weighted by molar-refractivity contribution is -0.275. The van der Waals surface area contributed by atoms with Gasteiger partial charge in [-0.25, -0.2) is 4.39 Å². The van der Waals surface area contributed by atoms with Gasteiger partial charge < -0.3 is 28.4 Å². The Morgan fingerprint density at radius 3 is 2.17 bits per heavy atom. The fourth-order valence-corrected chi connectivity index (χ4v) is 4.28. The van der Waals surface area contributed by atoms with Crippen LogP contribution in [0.5, 0.6) is 11.5 Å². The third kappa shape index (κ3) is 6.58. The summed E-state index contributed by atoms with van der Waals surface area (Å²) in [5, 5.41) is 1.60. The molecule has 10 nitrogen and oxygen atoms in total. The van der Waals surface area contributed by atoms with Gasteiger partial charge in [0.05, 0.1) is 7.11 Å². The summed E-state index contributed by atoms with van der Waals surface area (Å²) in [6.07, 6.45) is -8.05. The molecule has 1 aliphatic heterocycles. The Morgan fingerprint density at radius 1 is 0.944 bits per heavy atom. The first-order chi connectivity index (χ1) is 17.1. The predicted molar refractivity (Wildman–Crippen MR) is 123 cm³/mol. The van der Waals surface area contributed by atoms with Gasteiger partial charge >= 0.3 is 17.9 Å². The smallest absolute Gasteiger partial charge is 0.303 e. The highest BCUT2D eigenvalue weighted by Gasteiger charge is 2.52. The number of methoxy groups -OCH3 is 1. The van der Waals surface area contributed by atoms with Crippen LogP contribution in [0.1, 0.15) is 36.0 Å². The van der Waals surface area contributed by atoms with Gasteiger partial charge in [0.15, 0.2) is 12.3 Å². The Hall–Kier alpha value is -3.51. The van der Waals surface area contributed by atoms with Gasteiger partial charge in [0.1, 0.15) is 29.1 Å². The minimum Gasteiger partial charge on any atom is -0.497 e. The van der Waals surface area contributed by atoms with E-state index in [1.165, 1.54) is 13.2 Å². The molecule has 2 aromatic rings. The lowest BCUT2D eigenvalue weighted by Crippen LogP contribution is -2.61. The van der Waals surface area contributed by atoms with Crippen molar-refractivity contribution in [3.05, 3.63) is 46.2 Å². The molecule has 1 aromatic carbocycles. The minimum atomic E-state index is -2.01. The van der Waals surface area contributed by atoms with Crippen molar-refractivity contribution in [2.24, 2.45) is 0 Å². The molecule has 12 heteroatoms. The number of carbonyl (C=O) groups is 4. The number of halogens is 1. The predicted octanol–water partition coefficient (Wildman–Crippen LogP) is 2.86. The summed E-state index contributed by atoms with van der Waals surface area (Å²) in [5.74, 6) is -2.03. The molecule has 194 valence electrons. The maximum absolute atomic E-state index is 15.3. The molecule has 0 spiro atoms. The summed E-state index contributed by atoms with van der Waals surface area (Å²) in [7, 11) is 1.51. The quantitative estimate of drug-likeness (QED) is 0.275. The monoisotopic (exact) mass is 524 g/mol. The topological polar surface area (TPSA) is 124 Å². The largest absolute Gasteiger partial charge is 0.497 e. The van der Waals surface area contributed by atoms with Crippen LogP contribution >= 0.6 is 11.3 Å². The summed E-state index contributed by atoms with van der Waals surface area (Å²) in [6, 6.07) is 7.94. The number of benzene rings is 1. The fraction of sp³-hybridized carbons (Fsp3) is 0.417. The van der Waals surface area contributed by atoms with Crippen molar-refractivity contribution in [3.63, 3.8) is 0 Å². The maximum Gasteiger partial charge on any atom is 0.303 e. The van der Waals surface area contributed by atoms with Crippen LogP contribution < -0.4 is 9.47 Å². The molecule has 3 rings (SSSR count). The molecule has 5 unspecified atom stereocenters. The number of thiophene rings is 1. The number of ketones is 1.